The van der Waals surface area contributed by atoms with Gasteiger partial charge < -0.3 is 15.4 Å². The van der Waals surface area contributed by atoms with Crippen LogP contribution in [0.4, 0.5) is 5.69 Å². The largest absolute Gasteiger partial charge is 0.393 e. The highest BCUT2D eigenvalue weighted by Gasteiger charge is 2.24. The first-order chi connectivity index (χ1) is 11.1. The molecule has 0 bridgehead atoms. The third-order valence-corrected chi connectivity index (χ3v) is 5.21. The first-order valence-corrected chi connectivity index (χ1v) is 8.32. The molecule has 1 saturated carbocycles. The summed E-state index contributed by atoms with van der Waals surface area (Å²) >= 11 is 12.6. The molecule has 7 heteroatoms. The fraction of sp³-hybridized carbons (Fsp3) is 0.312. The molecule has 1 aliphatic rings. The summed E-state index contributed by atoms with van der Waals surface area (Å²) in [6.45, 7) is 0. The fourth-order valence-corrected chi connectivity index (χ4v) is 3.71. The van der Waals surface area contributed by atoms with Crippen molar-refractivity contribution in [1.29, 1.82) is 0 Å². The molecule has 120 valence electrons. The normalized spacial score (nSPS) is 21.2. The van der Waals surface area contributed by atoms with E-state index in [1.807, 2.05) is 18.5 Å². The minimum absolute atomic E-state index is 0.231. The number of halogens is 2. The molecule has 2 heterocycles. The Morgan fingerprint density at radius 2 is 2.13 bits per heavy atom. The van der Waals surface area contributed by atoms with Crippen LogP contribution in [0.3, 0.4) is 0 Å². The second-order valence-corrected chi connectivity index (χ2v) is 6.75. The van der Waals surface area contributed by atoms with E-state index in [2.05, 4.69) is 20.5 Å². The maximum absolute atomic E-state index is 9.75. The molecule has 0 saturated heterocycles. The highest BCUT2D eigenvalue weighted by molar-refractivity contribution is 6.46. The molecule has 23 heavy (non-hydrogen) atoms. The smallest absolute Gasteiger partial charge is 0.0834 e. The summed E-state index contributed by atoms with van der Waals surface area (Å²) < 4.78 is 0. The average molecular weight is 351 g/mol. The second kappa shape index (κ2) is 5.74. The van der Waals surface area contributed by atoms with E-state index in [1.165, 1.54) is 0 Å². The molecule has 0 radical (unpaired) electrons. The number of anilines is 1. The highest BCUT2D eigenvalue weighted by Crippen LogP contribution is 2.41. The zero-order valence-electron chi connectivity index (χ0n) is 12.2. The highest BCUT2D eigenvalue weighted by atomic mass is 35.5. The Balaban J connectivity index is 1.85. The van der Waals surface area contributed by atoms with Gasteiger partial charge in [0.1, 0.15) is 0 Å². The molecular formula is C16H16Cl2N4O. The molecule has 1 fully saturated rings. The molecule has 5 nitrogen and oxygen atoms in total. The molecule has 0 spiro atoms. The van der Waals surface area contributed by atoms with Gasteiger partial charge >= 0.3 is 0 Å². The second-order valence-electron chi connectivity index (χ2n) is 5.97. The number of H-pyrrole nitrogens is 2. The number of nitrogens with one attached hydrogen (secondary N) is 3. The topological polar surface area (TPSA) is 76.7 Å². The zero-order chi connectivity index (χ0) is 16.0. The van der Waals surface area contributed by atoms with Gasteiger partial charge in [-0.25, -0.2) is 0 Å². The van der Waals surface area contributed by atoms with Crippen LogP contribution in [0.1, 0.15) is 19.3 Å². The number of hydrogen-bond donors (Lipinski definition) is 4. The summed E-state index contributed by atoms with van der Waals surface area (Å²) in [5.41, 5.74) is 3.71. The molecule has 4 rings (SSSR count). The van der Waals surface area contributed by atoms with E-state index in [0.29, 0.717) is 10.0 Å². The summed E-state index contributed by atoms with van der Waals surface area (Å²) in [6.07, 6.45) is 7.80. The Kier molecular flexibility index (Phi) is 3.71. The van der Waals surface area contributed by atoms with Gasteiger partial charge in [-0.2, -0.15) is 5.10 Å². The molecule has 0 unspecified atom stereocenters. The SMILES string of the molecule is O[C@H]1CC[C@H](Nc2cc(Cl)c(Cl)c3[nH]cc(-c4cn[nH]c4)c23)C1. The van der Waals surface area contributed by atoms with Crippen molar-refractivity contribution in [3.05, 3.63) is 34.7 Å². The van der Waals surface area contributed by atoms with Crippen LogP contribution < -0.4 is 5.32 Å². The van der Waals surface area contributed by atoms with E-state index in [1.54, 1.807) is 6.20 Å². The zero-order valence-corrected chi connectivity index (χ0v) is 13.7. The molecule has 0 amide bonds. The van der Waals surface area contributed by atoms with Crippen molar-refractivity contribution in [2.45, 2.75) is 31.4 Å². The minimum atomic E-state index is -0.231. The van der Waals surface area contributed by atoms with Crippen molar-refractivity contribution in [2.24, 2.45) is 0 Å². The number of fused-ring (bicyclic) bond motifs is 1. The molecular weight excluding hydrogens is 335 g/mol. The Morgan fingerprint density at radius 1 is 1.26 bits per heavy atom. The van der Waals surface area contributed by atoms with E-state index in [9.17, 15) is 5.11 Å². The lowest BCUT2D eigenvalue weighted by atomic mass is 10.1. The third kappa shape index (κ3) is 2.59. The monoisotopic (exact) mass is 350 g/mol. The summed E-state index contributed by atoms with van der Waals surface area (Å²) in [6, 6.07) is 2.09. The van der Waals surface area contributed by atoms with Crippen LogP contribution in [-0.4, -0.2) is 32.4 Å². The van der Waals surface area contributed by atoms with Crippen molar-refractivity contribution in [3.8, 4) is 11.1 Å². The Morgan fingerprint density at radius 3 is 2.83 bits per heavy atom. The number of aromatic amines is 2. The minimum Gasteiger partial charge on any atom is -0.393 e. The summed E-state index contributed by atoms with van der Waals surface area (Å²) in [7, 11) is 0. The number of benzene rings is 1. The number of aliphatic hydroxyl groups is 1. The Bertz CT molecular complexity index is 844. The fourth-order valence-electron chi connectivity index (χ4n) is 3.31. The van der Waals surface area contributed by atoms with Crippen molar-refractivity contribution >= 4 is 39.8 Å². The van der Waals surface area contributed by atoms with Gasteiger partial charge in [-0.3, -0.25) is 5.10 Å². The van der Waals surface area contributed by atoms with E-state index < -0.39 is 0 Å². The molecule has 1 aromatic carbocycles. The van der Waals surface area contributed by atoms with Gasteiger partial charge in [-0.05, 0) is 25.3 Å². The number of aromatic nitrogens is 3. The Labute approximate surface area is 143 Å². The predicted molar refractivity (Wildman–Crippen MR) is 93.2 cm³/mol. The first kappa shape index (κ1) is 14.9. The van der Waals surface area contributed by atoms with Crippen LogP contribution >= 0.6 is 23.2 Å². The van der Waals surface area contributed by atoms with E-state index in [4.69, 9.17) is 23.2 Å². The lowest BCUT2D eigenvalue weighted by molar-refractivity contribution is 0.182. The predicted octanol–water partition coefficient (Wildman–Crippen LogP) is 4.19. The molecule has 2 aromatic heterocycles. The van der Waals surface area contributed by atoms with Gasteiger partial charge in [0.25, 0.3) is 0 Å². The summed E-state index contributed by atoms with van der Waals surface area (Å²) in [4.78, 5) is 3.21. The van der Waals surface area contributed by atoms with Gasteiger partial charge in [-0.1, -0.05) is 23.2 Å². The summed E-state index contributed by atoms with van der Waals surface area (Å²) in [5, 5.41) is 22.1. The number of nitrogens with zero attached hydrogens (tertiary/aromatic N) is 1. The maximum Gasteiger partial charge on any atom is 0.0834 e. The lowest BCUT2D eigenvalue weighted by Gasteiger charge is -2.16. The van der Waals surface area contributed by atoms with Crippen molar-refractivity contribution in [2.75, 3.05) is 5.32 Å². The van der Waals surface area contributed by atoms with Crippen molar-refractivity contribution in [3.63, 3.8) is 0 Å². The van der Waals surface area contributed by atoms with Gasteiger partial charge in [-0.15, -0.1) is 0 Å². The average Bonchev–Trinajstić information content (AvgIpc) is 3.24. The lowest BCUT2D eigenvalue weighted by Crippen LogP contribution is -2.16. The van der Waals surface area contributed by atoms with Gasteiger partial charge in [0.2, 0.25) is 0 Å². The molecule has 3 aromatic rings. The van der Waals surface area contributed by atoms with E-state index in [0.717, 1.165) is 47.0 Å². The van der Waals surface area contributed by atoms with Crippen LogP contribution in [0.2, 0.25) is 10.0 Å². The Hall–Kier alpha value is -1.69. The van der Waals surface area contributed by atoms with Crippen LogP contribution in [0, 0.1) is 0 Å². The van der Waals surface area contributed by atoms with Gasteiger partial charge in [0.15, 0.2) is 0 Å². The quantitative estimate of drug-likeness (QED) is 0.571. The maximum atomic E-state index is 9.75. The molecule has 2 atom stereocenters. The third-order valence-electron chi connectivity index (χ3n) is 4.42. The van der Waals surface area contributed by atoms with Crippen LogP contribution in [-0.2, 0) is 0 Å². The number of hydrogen-bond acceptors (Lipinski definition) is 3. The number of aliphatic hydroxyl groups excluding tert-OH is 1. The van der Waals surface area contributed by atoms with Crippen LogP contribution in [0.25, 0.3) is 22.0 Å². The van der Waals surface area contributed by atoms with Crippen molar-refractivity contribution < 1.29 is 5.11 Å². The molecule has 0 aliphatic heterocycles. The standard InChI is InChI=1S/C16H16Cl2N4O/c17-12-4-13(22-9-1-2-10(23)3-9)14-11(8-5-20-21-6-8)7-19-16(14)15(12)18/h4-7,9-10,19,22-23H,1-3H2,(H,20,21)/t9-,10-/m0/s1. The van der Waals surface area contributed by atoms with E-state index in [-0.39, 0.29) is 12.1 Å². The van der Waals surface area contributed by atoms with Gasteiger partial charge in [0.05, 0.1) is 27.9 Å². The summed E-state index contributed by atoms with van der Waals surface area (Å²) in [5.74, 6) is 0. The molecule has 4 N–H and O–H groups in total. The first-order valence-electron chi connectivity index (χ1n) is 7.56. The van der Waals surface area contributed by atoms with E-state index >= 15 is 0 Å². The molecule has 1 aliphatic carbocycles. The van der Waals surface area contributed by atoms with Gasteiger partial charge in [0, 0.05) is 40.6 Å². The van der Waals surface area contributed by atoms with Crippen molar-refractivity contribution in [1.82, 2.24) is 15.2 Å². The number of rotatable bonds is 3. The van der Waals surface area contributed by atoms with Crippen LogP contribution in [0.5, 0.6) is 0 Å². The van der Waals surface area contributed by atoms with Crippen LogP contribution in [0.15, 0.2) is 24.7 Å².